The number of hydrogen-bond acceptors (Lipinski definition) is 10. The third kappa shape index (κ3) is 6.86. The summed E-state index contributed by atoms with van der Waals surface area (Å²) in [6, 6.07) is 1.75. The minimum absolute atomic E-state index is 0.285. The van der Waals surface area contributed by atoms with Crippen LogP contribution in [0.25, 0.3) is 11.7 Å². The zero-order valence-electron chi connectivity index (χ0n) is 20.6. The van der Waals surface area contributed by atoms with Gasteiger partial charge in [0.25, 0.3) is 5.89 Å². The van der Waals surface area contributed by atoms with E-state index in [1.54, 1.807) is 17.9 Å². The SMILES string of the molecule is CC.CC#N.Cc1nnc(-c2nc3c(c(N4CCNCC4)n2)CN(C(=O)OC(C)(C)C)C3)o1. The van der Waals surface area contributed by atoms with Gasteiger partial charge in [-0.15, -0.1) is 10.2 Å². The van der Waals surface area contributed by atoms with Gasteiger partial charge in [-0.3, -0.25) is 4.90 Å². The lowest BCUT2D eigenvalue weighted by molar-refractivity contribution is 0.0241. The summed E-state index contributed by atoms with van der Waals surface area (Å²) in [5.74, 6) is 1.95. The Balaban J connectivity index is 0.000000714. The molecule has 2 aliphatic heterocycles. The largest absolute Gasteiger partial charge is 0.444 e. The van der Waals surface area contributed by atoms with Crippen molar-refractivity contribution in [3.05, 3.63) is 17.1 Å². The van der Waals surface area contributed by atoms with Gasteiger partial charge in [-0.1, -0.05) is 13.8 Å². The van der Waals surface area contributed by atoms with E-state index < -0.39 is 5.60 Å². The molecule has 2 aromatic rings. The molecule has 180 valence electrons. The van der Waals surface area contributed by atoms with Crippen LogP contribution in [-0.2, 0) is 17.8 Å². The topological polar surface area (TPSA) is 133 Å². The summed E-state index contributed by atoms with van der Waals surface area (Å²) >= 11 is 0. The second-order valence-corrected chi connectivity index (χ2v) is 8.22. The summed E-state index contributed by atoms with van der Waals surface area (Å²) in [6.45, 7) is 16.9. The highest BCUT2D eigenvalue weighted by Crippen LogP contribution is 2.32. The number of piperazine rings is 1. The molecule has 0 aromatic carbocycles. The third-order valence-corrected chi connectivity index (χ3v) is 4.55. The van der Waals surface area contributed by atoms with Crippen molar-refractivity contribution in [2.75, 3.05) is 31.1 Å². The van der Waals surface area contributed by atoms with Crippen molar-refractivity contribution in [2.45, 2.75) is 67.2 Å². The van der Waals surface area contributed by atoms with Gasteiger partial charge in [0.2, 0.25) is 11.7 Å². The molecule has 0 atom stereocenters. The smallest absolute Gasteiger partial charge is 0.410 e. The number of nitriles is 1. The van der Waals surface area contributed by atoms with E-state index in [0.29, 0.717) is 24.8 Å². The van der Waals surface area contributed by atoms with Crippen molar-refractivity contribution in [3.63, 3.8) is 0 Å². The van der Waals surface area contributed by atoms with Crippen LogP contribution >= 0.6 is 0 Å². The third-order valence-electron chi connectivity index (χ3n) is 4.55. The second kappa shape index (κ2) is 11.6. The fourth-order valence-corrected chi connectivity index (χ4v) is 3.31. The quantitative estimate of drug-likeness (QED) is 0.715. The number of aryl methyl sites for hydroxylation is 1. The molecule has 0 aliphatic carbocycles. The molecular formula is C22H34N8O3. The van der Waals surface area contributed by atoms with Gasteiger partial charge in [0.15, 0.2) is 0 Å². The molecule has 0 spiro atoms. The molecule has 0 saturated carbocycles. The molecule has 4 rings (SSSR count). The van der Waals surface area contributed by atoms with Crippen LogP contribution in [0.5, 0.6) is 0 Å². The highest BCUT2D eigenvalue weighted by Gasteiger charge is 2.33. The van der Waals surface area contributed by atoms with E-state index in [9.17, 15) is 4.79 Å². The van der Waals surface area contributed by atoms with Crippen LogP contribution in [0.2, 0.25) is 0 Å². The van der Waals surface area contributed by atoms with Crippen LogP contribution in [0.3, 0.4) is 0 Å². The number of amides is 1. The number of anilines is 1. The summed E-state index contributed by atoms with van der Waals surface area (Å²) in [6.07, 6.45) is -0.355. The fraction of sp³-hybridized carbons (Fsp3) is 0.636. The zero-order chi connectivity index (χ0) is 24.6. The molecule has 2 aromatic heterocycles. The molecule has 11 heteroatoms. The van der Waals surface area contributed by atoms with Crippen LogP contribution in [0.4, 0.5) is 10.6 Å². The van der Waals surface area contributed by atoms with E-state index in [4.69, 9.17) is 19.4 Å². The molecule has 2 aliphatic rings. The van der Waals surface area contributed by atoms with Crippen LogP contribution < -0.4 is 10.2 Å². The van der Waals surface area contributed by atoms with E-state index in [-0.39, 0.29) is 12.0 Å². The van der Waals surface area contributed by atoms with Gasteiger partial charge in [-0.05, 0) is 20.8 Å². The molecule has 1 N–H and O–H groups in total. The summed E-state index contributed by atoms with van der Waals surface area (Å²) in [5, 5.41) is 18.6. The van der Waals surface area contributed by atoms with E-state index in [1.807, 2.05) is 34.6 Å². The maximum Gasteiger partial charge on any atom is 0.410 e. The molecule has 0 unspecified atom stereocenters. The molecule has 1 saturated heterocycles. The van der Waals surface area contributed by atoms with E-state index in [0.717, 1.165) is 43.3 Å². The summed E-state index contributed by atoms with van der Waals surface area (Å²) in [7, 11) is 0. The van der Waals surface area contributed by atoms with Gasteiger partial charge < -0.3 is 19.4 Å². The van der Waals surface area contributed by atoms with Crippen molar-refractivity contribution >= 4 is 11.9 Å². The summed E-state index contributed by atoms with van der Waals surface area (Å²) < 4.78 is 11.1. The lowest BCUT2D eigenvalue weighted by Gasteiger charge is -2.30. The maximum absolute atomic E-state index is 12.6. The van der Waals surface area contributed by atoms with Gasteiger partial charge in [0, 0.05) is 45.6 Å². The first kappa shape index (κ1) is 26.0. The average molecular weight is 459 g/mol. The van der Waals surface area contributed by atoms with Crippen LogP contribution in [0.1, 0.15) is 58.7 Å². The Morgan fingerprint density at radius 3 is 2.33 bits per heavy atom. The first-order valence-corrected chi connectivity index (χ1v) is 11.2. The molecule has 0 radical (unpaired) electrons. The average Bonchev–Trinajstić information content (AvgIpc) is 3.41. The van der Waals surface area contributed by atoms with E-state index in [2.05, 4.69) is 25.4 Å². The van der Waals surface area contributed by atoms with Crippen molar-refractivity contribution < 1.29 is 13.9 Å². The Morgan fingerprint density at radius 1 is 1.15 bits per heavy atom. The molecule has 1 fully saturated rings. The van der Waals surface area contributed by atoms with Gasteiger partial charge in [-0.25, -0.2) is 14.8 Å². The Labute approximate surface area is 195 Å². The minimum atomic E-state index is -0.550. The number of nitrogens with one attached hydrogen (secondary N) is 1. The lowest BCUT2D eigenvalue weighted by Crippen LogP contribution is -2.44. The number of nitrogens with zero attached hydrogens (tertiary/aromatic N) is 7. The lowest BCUT2D eigenvalue weighted by atomic mass is 10.2. The highest BCUT2D eigenvalue weighted by molar-refractivity contribution is 5.70. The summed E-state index contributed by atoms with van der Waals surface area (Å²) in [4.78, 5) is 25.8. The fourth-order valence-electron chi connectivity index (χ4n) is 3.31. The van der Waals surface area contributed by atoms with E-state index in [1.165, 1.54) is 6.92 Å². The highest BCUT2D eigenvalue weighted by atomic mass is 16.6. The van der Waals surface area contributed by atoms with Gasteiger partial charge in [-0.2, -0.15) is 5.26 Å². The maximum atomic E-state index is 12.6. The van der Waals surface area contributed by atoms with Crippen LogP contribution in [0, 0.1) is 18.3 Å². The first-order valence-electron chi connectivity index (χ1n) is 11.2. The molecule has 11 nitrogen and oxygen atoms in total. The first-order chi connectivity index (χ1) is 15.7. The molecular weight excluding hydrogens is 424 g/mol. The Bertz CT molecular complexity index is 971. The minimum Gasteiger partial charge on any atom is -0.444 e. The van der Waals surface area contributed by atoms with Gasteiger partial charge in [0.05, 0.1) is 24.9 Å². The van der Waals surface area contributed by atoms with Crippen molar-refractivity contribution in [3.8, 4) is 17.8 Å². The predicted octanol–water partition coefficient (Wildman–Crippen LogP) is 3.05. The van der Waals surface area contributed by atoms with E-state index >= 15 is 0 Å². The standard InChI is InChI=1S/C18H25N7O3.C2H3N.C2H6/c1-11-22-23-16(27-11)14-20-13-10-25(17(26)28-18(2,3)4)9-12(13)15(21-14)24-7-5-19-6-8-24;1-2-3;1-2/h19H,5-10H2,1-4H3;1H3;1-2H3. The normalized spacial score (nSPS) is 14.8. The van der Waals surface area contributed by atoms with Gasteiger partial charge in [0.1, 0.15) is 11.4 Å². The Hall–Kier alpha value is -3.26. The summed E-state index contributed by atoms with van der Waals surface area (Å²) in [5.41, 5.74) is 1.19. The van der Waals surface area contributed by atoms with Gasteiger partial charge >= 0.3 is 6.09 Å². The Kier molecular flexibility index (Phi) is 9.11. The number of carbonyl (C=O) groups is 1. The zero-order valence-corrected chi connectivity index (χ0v) is 20.6. The van der Waals surface area contributed by atoms with Crippen molar-refractivity contribution in [1.82, 2.24) is 30.4 Å². The molecule has 33 heavy (non-hydrogen) atoms. The molecule has 4 heterocycles. The number of ether oxygens (including phenoxy) is 1. The number of aromatic nitrogens is 4. The van der Waals surface area contributed by atoms with Crippen molar-refractivity contribution in [1.29, 1.82) is 5.26 Å². The number of fused-ring (bicyclic) bond motifs is 1. The molecule has 1 amide bonds. The monoisotopic (exact) mass is 458 g/mol. The second-order valence-electron chi connectivity index (χ2n) is 8.22. The Morgan fingerprint density at radius 2 is 1.79 bits per heavy atom. The van der Waals surface area contributed by atoms with Crippen LogP contribution in [-0.4, -0.2) is 62.9 Å². The predicted molar refractivity (Wildman–Crippen MR) is 123 cm³/mol. The molecule has 0 bridgehead atoms. The number of hydrogen-bond donors (Lipinski definition) is 1. The van der Waals surface area contributed by atoms with Crippen molar-refractivity contribution in [2.24, 2.45) is 0 Å². The van der Waals surface area contributed by atoms with Crippen LogP contribution in [0.15, 0.2) is 4.42 Å². The number of rotatable bonds is 2. The number of carbonyl (C=O) groups excluding carboxylic acids is 1.